The molecule has 2 saturated heterocycles. The van der Waals surface area contributed by atoms with Crippen LogP contribution in [-0.4, -0.2) is 67.0 Å². The molecule has 0 unspecified atom stereocenters. The maximum absolute atomic E-state index is 12.6. The molecule has 7 nitrogen and oxygen atoms in total. The van der Waals surface area contributed by atoms with E-state index < -0.39 is 21.4 Å². The van der Waals surface area contributed by atoms with Crippen molar-refractivity contribution in [2.75, 3.05) is 32.4 Å². The van der Waals surface area contributed by atoms with Crippen LogP contribution >= 0.6 is 11.3 Å². The molecule has 0 bridgehead atoms. The number of carbonyl (C=O) groups excluding carboxylic acids is 1. The minimum atomic E-state index is -3.44. The van der Waals surface area contributed by atoms with Crippen molar-refractivity contribution in [2.45, 2.75) is 6.92 Å². The number of hydrogen-bond acceptors (Lipinski definition) is 5. The van der Waals surface area contributed by atoms with Crippen molar-refractivity contribution in [2.24, 2.45) is 11.3 Å². The van der Waals surface area contributed by atoms with E-state index in [2.05, 4.69) is 0 Å². The Kier molecular flexibility index (Phi) is 3.77. The van der Waals surface area contributed by atoms with Gasteiger partial charge in [-0.1, -0.05) is 0 Å². The van der Waals surface area contributed by atoms with Crippen molar-refractivity contribution < 1.29 is 23.1 Å². The summed E-state index contributed by atoms with van der Waals surface area (Å²) in [7, 11) is -3.44. The topological polar surface area (TPSA) is 95.0 Å². The van der Waals surface area contributed by atoms with Gasteiger partial charge in [0.15, 0.2) is 0 Å². The van der Waals surface area contributed by atoms with Crippen LogP contribution in [0.2, 0.25) is 0 Å². The maximum Gasteiger partial charge on any atom is 0.313 e. The number of carboxylic acid groups (broad SMARTS) is 1. The van der Waals surface area contributed by atoms with Crippen LogP contribution in [0.1, 0.15) is 15.2 Å². The smallest absolute Gasteiger partial charge is 0.313 e. The van der Waals surface area contributed by atoms with E-state index in [4.69, 9.17) is 0 Å². The molecule has 2 aliphatic heterocycles. The van der Waals surface area contributed by atoms with Gasteiger partial charge < -0.3 is 10.0 Å². The van der Waals surface area contributed by atoms with Gasteiger partial charge in [0.25, 0.3) is 5.91 Å². The van der Waals surface area contributed by atoms with E-state index in [0.29, 0.717) is 4.88 Å². The Hall–Kier alpha value is -1.45. The third-order valence-electron chi connectivity index (χ3n) is 4.82. The third-order valence-corrected chi connectivity index (χ3v) is 7.04. The zero-order valence-corrected chi connectivity index (χ0v) is 14.5. The number of aryl methyl sites for hydroxylation is 1. The lowest BCUT2D eigenvalue weighted by atomic mass is 9.81. The molecule has 23 heavy (non-hydrogen) atoms. The molecule has 126 valence electrons. The Morgan fingerprint density at radius 2 is 2.04 bits per heavy atom. The number of rotatable bonds is 3. The highest BCUT2D eigenvalue weighted by atomic mass is 32.2. The summed E-state index contributed by atoms with van der Waals surface area (Å²) in [6, 6.07) is 1.85. The summed E-state index contributed by atoms with van der Waals surface area (Å²) < 4.78 is 24.7. The molecule has 0 aliphatic carbocycles. The second-order valence-electron chi connectivity index (χ2n) is 6.33. The largest absolute Gasteiger partial charge is 0.481 e. The van der Waals surface area contributed by atoms with Gasteiger partial charge in [0.2, 0.25) is 10.0 Å². The summed E-state index contributed by atoms with van der Waals surface area (Å²) in [6.07, 6.45) is 1.08. The predicted molar refractivity (Wildman–Crippen MR) is 84.9 cm³/mol. The van der Waals surface area contributed by atoms with E-state index in [-0.39, 0.29) is 38.0 Å². The summed E-state index contributed by atoms with van der Waals surface area (Å²) in [5.41, 5.74) is -0.330. The zero-order valence-electron chi connectivity index (χ0n) is 12.9. The van der Waals surface area contributed by atoms with Gasteiger partial charge in [0.1, 0.15) is 5.41 Å². The van der Waals surface area contributed by atoms with Crippen LogP contribution in [0, 0.1) is 18.3 Å². The number of fused-ring (bicyclic) bond motifs is 1. The average molecular weight is 358 g/mol. The van der Waals surface area contributed by atoms with Gasteiger partial charge in [-0.15, -0.1) is 11.3 Å². The third kappa shape index (κ3) is 2.56. The molecule has 2 aliphatic rings. The van der Waals surface area contributed by atoms with Crippen molar-refractivity contribution in [3.8, 4) is 0 Å². The Bertz CT molecular complexity index is 772. The van der Waals surface area contributed by atoms with E-state index in [1.165, 1.54) is 15.6 Å². The summed E-state index contributed by atoms with van der Waals surface area (Å²) in [5, 5.41) is 11.5. The zero-order chi connectivity index (χ0) is 17.0. The van der Waals surface area contributed by atoms with Crippen LogP contribution in [0.3, 0.4) is 0 Å². The summed E-state index contributed by atoms with van der Waals surface area (Å²) in [6.45, 7) is 2.25. The number of carbonyl (C=O) groups is 2. The van der Waals surface area contributed by atoms with Crippen LogP contribution in [0.25, 0.3) is 0 Å². The van der Waals surface area contributed by atoms with Gasteiger partial charge in [-0.2, -0.15) is 0 Å². The number of nitrogens with zero attached hydrogens (tertiary/aromatic N) is 2. The normalized spacial score (nSPS) is 28.1. The SMILES string of the molecule is Cc1ccsc1C(=O)N1C[C@@H]2CN(S(C)(=O)=O)C[C@]2(C(=O)O)C1. The molecule has 0 aromatic carbocycles. The molecule has 1 N–H and O–H groups in total. The second kappa shape index (κ2) is 5.29. The number of thiophene rings is 1. The fourth-order valence-corrected chi connectivity index (χ4v) is 5.27. The molecule has 0 radical (unpaired) electrons. The Labute approximate surface area is 138 Å². The monoisotopic (exact) mass is 358 g/mol. The Balaban J connectivity index is 1.87. The first kappa shape index (κ1) is 16.4. The number of likely N-dealkylation sites (tertiary alicyclic amines) is 1. The average Bonchev–Trinajstić information content (AvgIpc) is 3.08. The predicted octanol–water partition coefficient (Wildman–Crippen LogP) is 0.475. The van der Waals surface area contributed by atoms with Crippen LogP contribution < -0.4 is 0 Å². The van der Waals surface area contributed by atoms with Crippen molar-refractivity contribution >= 4 is 33.2 Å². The van der Waals surface area contributed by atoms with Crippen molar-refractivity contribution in [1.82, 2.24) is 9.21 Å². The highest BCUT2D eigenvalue weighted by molar-refractivity contribution is 7.88. The van der Waals surface area contributed by atoms with Gasteiger partial charge in [0.05, 0.1) is 11.1 Å². The molecular formula is C14H18N2O5S2. The Morgan fingerprint density at radius 3 is 2.52 bits per heavy atom. The number of carboxylic acids is 1. The second-order valence-corrected chi connectivity index (χ2v) is 9.23. The fraction of sp³-hybridized carbons (Fsp3) is 0.571. The molecule has 1 aromatic heterocycles. The van der Waals surface area contributed by atoms with Crippen LogP contribution in [-0.2, 0) is 14.8 Å². The molecule has 0 spiro atoms. The molecule has 0 saturated carbocycles. The van der Waals surface area contributed by atoms with Crippen LogP contribution in [0.5, 0.6) is 0 Å². The highest BCUT2D eigenvalue weighted by Crippen LogP contribution is 2.44. The van der Waals surface area contributed by atoms with Crippen LogP contribution in [0.4, 0.5) is 0 Å². The number of hydrogen-bond donors (Lipinski definition) is 1. The highest BCUT2D eigenvalue weighted by Gasteiger charge is 2.60. The maximum atomic E-state index is 12.6. The fourth-order valence-electron chi connectivity index (χ4n) is 3.46. The van der Waals surface area contributed by atoms with Gasteiger partial charge in [-0.3, -0.25) is 9.59 Å². The molecule has 3 rings (SSSR count). The molecule has 2 atom stereocenters. The van der Waals surface area contributed by atoms with Gasteiger partial charge in [-0.25, -0.2) is 12.7 Å². The molecule has 2 fully saturated rings. The minimum absolute atomic E-state index is 0.0508. The van der Waals surface area contributed by atoms with Crippen molar-refractivity contribution in [3.63, 3.8) is 0 Å². The molecular weight excluding hydrogens is 340 g/mol. The van der Waals surface area contributed by atoms with E-state index in [1.54, 1.807) is 4.90 Å². The van der Waals surface area contributed by atoms with Crippen LogP contribution in [0.15, 0.2) is 11.4 Å². The lowest BCUT2D eigenvalue weighted by molar-refractivity contribution is -0.148. The quantitative estimate of drug-likeness (QED) is 0.848. The van der Waals surface area contributed by atoms with Crippen molar-refractivity contribution in [3.05, 3.63) is 21.9 Å². The number of aliphatic carboxylic acids is 1. The van der Waals surface area contributed by atoms with E-state index in [9.17, 15) is 23.1 Å². The Morgan fingerprint density at radius 1 is 1.35 bits per heavy atom. The van der Waals surface area contributed by atoms with E-state index >= 15 is 0 Å². The van der Waals surface area contributed by atoms with Gasteiger partial charge in [0, 0.05) is 32.1 Å². The van der Waals surface area contributed by atoms with Crippen molar-refractivity contribution in [1.29, 1.82) is 0 Å². The first-order valence-electron chi connectivity index (χ1n) is 7.17. The standard InChI is InChI=1S/C14H18N2O5S2/c1-9-3-4-22-11(9)12(17)15-5-10-6-16(23(2,20)21)8-14(10,7-15)13(18)19/h3-4,10H,5-8H2,1-2H3,(H,18,19)/t10-,14-/m1/s1. The van der Waals surface area contributed by atoms with Gasteiger partial charge >= 0.3 is 5.97 Å². The molecule has 1 amide bonds. The minimum Gasteiger partial charge on any atom is -0.481 e. The summed E-state index contributed by atoms with van der Waals surface area (Å²) in [4.78, 5) is 26.6. The van der Waals surface area contributed by atoms with E-state index in [1.807, 2.05) is 18.4 Å². The lowest BCUT2D eigenvalue weighted by Crippen LogP contribution is -2.42. The number of amides is 1. The summed E-state index contributed by atoms with van der Waals surface area (Å²) >= 11 is 1.34. The first-order chi connectivity index (χ1) is 10.6. The van der Waals surface area contributed by atoms with Gasteiger partial charge in [-0.05, 0) is 23.9 Å². The van der Waals surface area contributed by atoms with E-state index in [0.717, 1.165) is 11.8 Å². The molecule has 9 heteroatoms. The molecule has 3 heterocycles. The number of sulfonamides is 1. The first-order valence-corrected chi connectivity index (χ1v) is 9.90. The summed E-state index contributed by atoms with van der Waals surface area (Å²) in [5.74, 6) is -1.58. The lowest BCUT2D eigenvalue weighted by Gasteiger charge is -2.24. The molecule has 1 aromatic rings.